The van der Waals surface area contributed by atoms with Gasteiger partial charge in [0.2, 0.25) is 0 Å². The summed E-state index contributed by atoms with van der Waals surface area (Å²) in [4.78, 5) is 11.7. The maximum absolute atomic E-state index is 12.9. The number of hydrogen-bond donors (Lipinski definition) is 2. The van der Waals surface area contributed by atoms with E-state index in [0.29, 0.717) is 11.1 Å². The molecule has 0 fully saturated rings. The molecule has 0 saturated heterocycles. The van der Waals surface area contributed by atoms with Gasteiger partial charge >= 0.3 is 5.97 Å². The first-order chi connectivity index (χ1) is 8.63. The number of carbonyl (C=O) groups excluding carboxylic acids is 1. The Morgan fingerprint density at radius 2 is 2.11 bits per heavy atom. The van der Waals surface area contributed by atoms with E-state index < -0.39 is 5.97 Å². The highest BCUT2D eigenvalue weighted by Gasteiger charge is 2.20. The summed E-state index contributed by atoms with van der Waals surface area (Å²) in [5, 5.41) is 6.31. The summed E-state index contributed by atoms with van der Waals surface area (Å²) in [6.45, 7) is 1.95. The molecular weight excluding hydrogens is 237 g/mol. The molecule has 0 bridgehead atoms. The lowest BCUT2D eigenvalue weighted by molar-refractivity contribution is 0.0520. The lowest BCUT2D eigenvalue weighted by Crippen LogP contribution is -2.06. The van der Waals surface area contributed by atoms with Crippen molar-refractivity contribution < 1.29 is 13.9 Å². The first kappa shape index (κ1) is 12.1. The zero-order chi connectivity index (χ0) is 13.1. The van der Waals surface area contributed by atoms with Gasteiger partial charge < -0.3 is 10.5 Å². The van der Waals surface area contributed by atoms with Gasteiger partial charge in [0, 0.05) is 0 Å². The molecule has 0 unspecified atom stereocenters. The molecule has 6 heteroatoms. The van der Waals surface area contributed by atoms with Crippen LogP contribution in [0.25, 0.3) is 11.1 Å². The highest BCUT2D eigenvalue weighted by Crippen LogP contribution is 2.28. The van der Waals surface area contributed by atoms with Crippen LogP contribution < -0.4 is 5.73 Å². The van der Waals surface area contributed by atoms with Crippen molar-refractivity contribution in [2.24, 2.45) is 0 Å². The van der Waals surface area contributed by atoms with Crippen LogP contribution in [0.15, 0.2) is 24.3 Å². The van der Waals surface area contributed by atoms with Gasteiger partial charge in [-0.2, -0.15) is 5.10 Å². The summed E-state index contributed by atoms with van der Waals surface area (Å²) in [6, 6.07) is 5.63. The molecule has 1 aromatic carbocycles. The first-order valence-electron chi connectivity index (χ1n) is 5.40. The number of anilines is 1. The van der Waals surface area contributed by atoms with Crippen LogP contribution in [-0.2, 0) is 4.74 Å². The van der Waals surface area contributed by atoms with Crippen LogP contribution in [0.5, 0.6) is 0 Å². The number of benzene rings is 1. The topological polar surface area (TPSA) is 81.0 Å². The fourth-order valence-corrected chi connectivity index (χ4v) is 1.62. The number of H-pyrrole nitrogens is 1. The summed E-state index contributed by atoms with van der Waals surface area (Å²) in [5.41, 5.74) is 6.90. The average molecular weight is 249 g/mol. The Balaban J connectivity index is 2.46. The van der Waals surface area contributed by atoms with Gasteiger partial charge in [0.05, 0.1) is 12.2 Å². The van der Waals surface area contributed by atoms with Gasteiger partial charge in [-0.1, -0.05) is 12.1 Å². The number of nitrogens with zero attached hydrogens (tertiary/aromatic N) is 1. The predicted octanol–water partition coefficient (Wildman–Crippen LogP) is 1.97. The third-order valence-corrected chi connectivity index (χ3v) is 2.41. The van der Waals surface area contributed by atoms with E-state index in [9.17, 15) is 9.18 Å². The van der Waals surface area contributed by atoms with Crippen molar-refractivity contribution in [3.63, 3.8) is 0 Å². The van der Waals surface area contributed by atoms with Crippen LogP contribution in [0.1, 0.15) is 17.4 Å². The Kier molecular flexibility index (Phi) is 3.27. The zero-order valence-electron chi connectivity index (χ0n) is 9.74. The first-order valence-corrected chi connectivity index (χ1v) is 5.40. The average Bonchev–Trinajstić information content (AvgIpc) is 2.73. The lowest BCUT2D eigenvalue weighted by atomic mass is 10.1. The number of nitrogens with two attached hydrogens (primary N) is 1. The van der Waals surface area contributed by atoms with Gasteiger partial charge in [-0.15, -0.1) is 0 Å². The Labute approximate surface area is 103 Å². The zero-order valence-corrected chi connectivity index (χ0v) is 9.74. The summed E-state index contributed by atoms with van der Waals surface area (Å²) < 4.78 is 17.7. The smallest absolute Gasteiger partial charge is 0.357 e. The normalized spacial score (nSPS) is 10.3. The molecule has 0 aliphatic heterocycles. The van der Waals surface area contributed by atoms with Gasteiger partial charge in [-0.05, 0) is 24.6 Å². The van der Waals surface area contributed by atoms with Crippen molar-refractivity contribution in [1.29, 1.82) is 0 Å². The molecule has 0 spiro atoms. The molecule has 18 heavy (non-hydrogen) atoms. The molecule has 1 aromatic heterocycles. The molecule has 0 amide bonds. The van der Waals surface area contributed by atoms with Crippen LogP contribution in [0.4, 0.5) is 10.2 Å². The Hall–Kier alpha value is -2.37. The van der Waals surface area contributed by atoms with Crippen molar-refractivity contribution in [2.75, 3.05) is 12.3 Å². The molecule has 0 aliphatic rings. The number of ether oxygens (including phenoxy) is 1. The number of halogens is 1. The van der Waals surface area contributed by atoms with Crippen molar-refractivity contribution in [3.8, 4) is 11.1 Å². The molecule has 94 valence electrons. The Morgan fingerprint density at radius 1 is 1.44 bits per heavy atom. The van der Waals surface area contributed by atoms with E-state index in [0.717, 1.165) is 0 Å². The van der Waals surface area contributed by atoms with Crippen LogP contribution >= 0.6 is 0 Å². The van der Waals surface area contributed by atoms with Gasteiger partial charge in [-0.3, -0.25) is 5.10 Å². The SMILES string of the molecule is CCOC(=O)c1[nH]nc(N)c1-c1ccc(F)cc1. The van der Waals surface area contributed by atoms with E-state index in [1.807, 2.05) is 0 Å². The maximum Gasteiger partial charge on any atom is 0.357 e. The number of carbonyl (C=O) groups is 1. The second kappa shape index (κ2) is 4.87. The standard InChI is InChI=1S/C12H12FN3O2/c1-2-18-12(17)10-9(11(14)16-15-10)7-3-5-8(13)6-4-7/h3-6H,2H2,1H3,(H3,14,15,16). The minimum atomic E-state index is -0.541. The summed E-state index contributed by atoms with van der Waals surface area (Å²) in [6.07, 6.45) is 0. The number of esters is 1. The van der Waals surface area contributed by atoms with Crippen LogP contribution in [0.3, 0.4) is 0 Å². The van der Waals surface area contributed by atoms with E-state index in [4.69, 9.17) is 10.5 Å². The van der Waals surface area contributed by atoms with Crippen LogP contribution in [0.2, 0.25) is 0 Å². The largest absolute Gasteiger partial charge is 0.461 e. The number of nitrogen functional groups attached to an aromatic ring is 1. The third-order valence-electron chi connectivity index (χ3n) is 2.41. The number of rotatable bonds is 3. The minimum Gasteiger partial charge on any atom is -0.461 e. The molecule has 2 rings (SSSR count). The number of aromatic nitrogens is 2. The second-order valence-electron chi connectivity index (χ2n) is 3.59. The highest BCUT2D eigenvalue weighted by atomic mass is 19.1. The molecule has 2 aromatic rings. The molecule has 5 nitrogen and oxygen atoms in total. The monoisotopic (exact) mass is 249 g/mol. The fourth-order valence-electron chi connectivity index (χ4n) is 1.62. The Morgan fingerprint density at radius 3 is 2.72 bits per heavy atom. The third kappa shape index (κ3) is 2.17. The molecule has 0 saturated carbocycles. The van der Waals surface area contributed by atoms with E-state index in [1.165, 1.54) is 24.3 Å². The van der Waals surface area contributed by atoms with Crippen LogP contribution in [-0.4, -0.2) is 22.8 Å². The summed E-state index contributed by atoms with van der Waals surface area (Å²) in [7, 11) is 0. The van der Waals surface area contributed by atoms with E-state index in [2.05, 4.69) is 10.2 Å². The van der Waals surface area contributed by atoms with Crippen molar-refractivity contribution in [1.82, 2.24) is 10.2 Å². The number of hydrogen-bond acceptors (Lipinski definition) is 4. The van der Waals surface area contributed by atoms with Crippen molar-refractivity contribution in [2.45, 2.75) is 6.92 Å². The molecule has 3 N–H and O–H groups in total. The number of aromatic amines is 1. The maximum atomic E-state index is 12.9. The quantitative estimate of drug-likeness (QED) is 0.815. The van der Waals surface area contributed by atoms with Crippen molar-refractivity contribution in [3.05, 3.63) is 35.8 Å². The Bertz CT molecular complexity index is 563. The van der Waals surface area contributed by atoms with Crippen molar-refractivity contribution >= 4 is 11.8 Å². The summed E-state index contributed by atoms with van der Waals surface area (Å²) >= 11 is 0. The van der Waals surface area contributed by atoms with Gasteiger partial charge in [-0.25, -0.2) is 9.18 Å². The molecule has 0 aliphatic carbocycles. The lowest BCUT2D eigenvalue weighted by Gasteiger charge is -2.04. The highest BCUT2D eigenvalue weighted by molar-refractivity contribution is 5.98. The van der Waals surface area contributed by atoms with E-state index in [-0.39, 0.29) is 23.9 Å². The van der Waals surface area contributed by atoms with Gasteiger partial charge in [0.1, 0.15) is 5.82 Å². The van der Waals surface area contributed by atoms with Gasteiger partial charge in [0.25, 0.3) is 0 Å². The number of nitrogens with one attached hydrogen (secondary N) is 1. The molecular formula is C12H12FN3O2. The van der Waals surface area contributed by atoms with E-state index in [1.54, 1.807) is 6.92 Å². The fraction of sp³-hybridized carbons (Fsp3) is 0.167. The molecule has 0 radical (unpaired) electrons. The predicted molar refractivity (Wildman–Crippen MR) is 64.4 cm³/mol. The van der Waals surface area contributed by atoms with E-state index >= 15 is 0 Å². The molecule has 0 atom stereocenters. The van der Waals surface area contributed by atoms with Gasteiger partial charge in [0.15, 0.2) is 11.5 Å². The minimum absolute atomic E-state index is 0.168. The van der Waals surface area contributed by atoms with Crippen LogP contribution in [0, 0.1) is 5.82 Å². The second-order valence-corrected chi connectivity index (χ2v) is 3.59. The summed E-state index contributed by atoms with van der Waals surface area (Å²) in [5.74, 6) is -0.732. The molecule has 1 heterocycles.